The summed E-state index contributed by atoms with van der Waals surface area (Å²) in [4.78, 5) is 6.67. The Kier molecular flexibility index (Phi) is 2.72. The number of nitrogens with one attached hydrogen (secondary N) is 1. The van der Waals surface area contributed by atoms with Crippen LogP contribution in [-0.4, -0.2) is 29.0 Å². The Morgan fingerprint density at radius 1 is 1.07 bits per heavy atom. The molecule has 0 radical (unpaired) electrons. The molecule has 2 unspecified atom stereocenters. The molecule has 3 nitrogen and oxygen atoms in total. The number of para-hydroxylation sites is 1. The molecule has 3 aromatic rings. The van der Waals surface area contributed by atoms with E-state index < -0.39 is 0 Å². The minimum Gasteiger partial charge on any atom is -0.483 e. The van der Waals surface area contributed by atoms with E-state index in [9.17, 15) is 0 Å². The van der Waals surface area contributed by atoms with Gasteiger partial charge in [0, 0.05) is 34.5 Å². The average Bonchev–Trinajstić information content (AvgIpc) is 3.38. The highest BCUT2D eigenvalue weighted by Crippen LogP contribution is 2.66. The van der Waals surface area contributed by atoms with Crippen molar-refractivity contribution in [2.75, 3.05) is 13.1 Å². The van der Waals surface area contributed by atoms with Gasteiger partial charge in [-0.25, -0.2) is 0 Å². The Morgan fingerprint density at radius 2 is 2.00 bits per heavy atom. The van der Waals surface area contributed by atoms with Gasteiger partial charge in [0.1, 0.15) is 11.9 Å². The Hall–Kier alpha value is -2.26. The monoisotopic (exact) mass is 382 g/mol. The van der Waals surface area contributed by atoms with Crippen LogP contribution in [-0.2, 0) is 18.3 Å². The fraction of sp³-hybridized carbons (Fsp3) is 0.462. The van der Waals surface area contributed by atoms with Crippen LogP contribution in [0.3, 0.4) is 0 Å². The third kappa shape index (κ3) is 1.80. The maximum absolute atomic E-state index is 6.81. The smallest absolute Gasteiger partial charge is 0.149 e. The van der Waals surface area contributed by atoms with Gasteiger partial charge in [-0.15, -0.1) is 0 Å². The highest BCUT2D eigenvalue weighted by molar-refractivity contribution is 5.85. The van der Waals surface area contributed by atoms with Crippen LogP contribution in [0, 0.1) is 11.8 Å². The van der Waals surface area contributed by atoms with Gasteiger partial charge >= 0.3 is 0 Å². The number of H-pyrrole nitrogens is 1. The maximum Gasteiger partial charge on any atom is 0.149 e. The molecule has 29 heavy (non-hydrogen) atoms. The predicted molar refractivity (Wildman–Crippen MR) is 113 cm³/mol. The summed E-state index contributed by atoms with van der Waals surface area (Å²) in [6.45, 7) is 2.55. The summed E-state index contributed by atoms with van der Waals surface area (Å²) in [5, 5.41) is 1.41. The van der Waals surface area contributed by atoms with Gasteiger partial charge in [0.25, 0.3) is 0 Å². The number of benzene rings is 2. The number of fused-ring (bicyclic) bond motifs is 4. The quantitative estimate of drug-likeness (QED) is 0.693. The first kappa shape index (κ1) is 15.6. The van der Waals surface area contributed by atoms with Gasteiger partial charge in [-0.1, -0.05) is 30.3 Å². The molecule has 5 aliphatic rings. The van der Waals surface area contributed by atoms with E-state index in [0.717, 1.165) is 11.7 Å². The highest BCUT2D eigenvalue weighted by Gasteiger charge is 2.65. The molecule has 4 atom stereocenters. The largest absolute Gasteiger partial charge is 0.483 e. The first-order chi connectivity index (χ1) is 14.3. The number of aromatic amines is 1. The Labute approximate surface area is 171 Å². The molecule has 1 aromatic heterocycles. The number of ether oxygens (including phenoxy) is 1. The van der Waals surface area contributed by atoms with Crippen LogP contribution >= 0.6 is 0 Å². The summed E-state index contributed by atoms with van der Waals surface area (Å²) >= 11 is 0. The lowest BCUT2D eigenvalue weighted by molar-refractivity contribution is -0.0369. The van der Waals surface area contributed by atoms with Crippen LogP contribution in [0.2, 0.25) is 0 Å². The predicted octanol–water partition coefficient (Wildman–Crippen LogP) is 4.75. The lowest BCUT2D eigenvalue weighted by Gasteiger charge is -2.58. The van der Waals surface area contributed by atoms with Crippen LogP contribution in [0.4, 0.5) is 0 Å². The molecule has 146 valence electrons. The second-order valence-corrected chi connectivity index (χ2v) is 10.2. The van der Waals surface area contributed by atoms with Crippen LogP contribution in [0.15, 0.2) is 42.5 Å². The molecule has 1 N–H and O–H groups in total. The molecule has 1 saturated carbocycles. The highest BCUT2D eigenvalue weighted by atomic mass is 16.5. The second-order valence-electron chi connectivity index (χ2n) is 10.2. The third-order valence-corrected chi connectivity index (χ3v) is 8.85. The SMILES string of the molecule is c1cc2c3c(c1)O[C@@H]1c4[nH]c5ccccc5c4CC4C(C2)N(CC2CC2)CC[C@@]341. The van der Waals surface area contributed by atoms with Gasteiger partial charge in [0.15, 0.2) is 0 Å². The molecule has 3 heteroatoms. The zero-order valence-electron chi connectivity index (χ0n) is 16.7. The summed E-state index contributed by atoms with van der Waals surface area (Å²) in [6, 6.07) is 16.4. The van der Waals surface area contributed by atoms with Crippen molar-refractivity contribution >= 4 is 10.9 Å². The zero-order chi connectivity index (χ0) is 18.7. The van der Waals surface area contributed by atoms with Crippen LogP contribution in [0.1, 0.15) is 47.8 Å². The molecule has 8 rings (SSSR count). The molecule has 3 heterocycles. The number of rotatable bonds is 2. The van der Waals surface area contributed by atoms with Crippen LogP contribution < -0.4 is 4.74 Å². The molecule has 1 saturated heterocycles. The first-order valence-corrected chi connectivity index (χ1v) is 11.5. The van der Waals surface area contributed by atoms with E-state index in [1.165, 1.54) is 67.4 Å². The van der Waals surface area contributed by atoms with E-state index in [-0.39, 0.29) is 11.5 Å². The number of hydrogen-bond donors (Lipinski definition) is 1. The van der Waals surface area contributed by atoms with Crippen LogP contribution in [0.25, 0.3) is 10.9 Å². The standard InChI is InChI=1S/C26H26N2O/c1-2-6-20-17(5-1)18-13-19-21-12-16-4-3-7-22-23(16)26(19,25(29-22)24(18)27-20)10-11-28(21)14-15-8-9-15/h1-7,15,19,21,25,27H,8-14H2/t19?,21?,25-,26+/m1/s1. The fourth-order valence-electron chi connectivity index (χ4n) is 7.52. The van der Waals surface area contributed by atoms with Crippen molar-refractivity contribution in [1.29, 1.82) is 0 Å². The first-order valence-electron chi connectivity index (χ1n) is 11.5. The number of likely N-dealkylation sites (tertiary alicyclic amines) is 1. The molecular formula is C26H26N2O. The van der Waals surface area contributed by atoms with Gasteiger partial charge in [-0.2, -0.15) is 0 Å². The van der Waals surface area contributed by atoms with Gasteiger partial charge in [0.2, 0.25) is 0 Å². The topological polar surface area (TPSA) is 28.3 Å². The van der Waals surface area contributed by atoms with Crippen molar-refractivity contribution in [3.05, 3.63) is 64.8 Å². The normalized spacial score (nSPS) is 34.0. The van der Waals surface area contributed by atoms with E-state index >= 15 is 0 Å². The van der Waals surface area contributed by atoms with Crippen molar-refractivity contribution in [1.82, 2.24) is 9.88 Å². The number of hydrogen-bond acceptors (Lipinski definition) is 2. The Balaban J connectivity index is 1.38. The molecule has 2 aliphatic heterocycles. The zero-order valence-corrected chi connectivity index (χ0v) is 16.7. The molecule has 0 amide bonds. The summed E-state index contributed by atoms with van der Waals surface area (Å²) in [5.41, 5.74) is 7.47. The van der Waals surface area contributed by atoms with Gasteiger partial charge in [-0.3, -0.25) is 4.90 Å². The number of nitrogens with zero attached hydrogens (tertiary/aromatic N) is 1. The number of aromatic nitrogens is 1. The lowest BCUT2D eigenvalue weighted by atomic mass is 9.51. The fourth-order valence-corrected chi connectivity index (χ4v) is 7.52. The van der Waals surface area contributed by atoms with E-state index in [1.54, 1.807) is 11.1 Å². The minimum absolute atomic E-state index is 0.158. The van der Waals surface area contributed by atoms with Gasteiger partial charge < -0.3 is 9.72 Å². The van der Waals surface area contributed by atoms with E-state index in [1.807, 2.05) is 0 Å². The molecule has 3 aliphatic carbocycles. The van der Waals surface area contributed by atoms with Crippen molar-refractivity contribution in [3.63, 3.8) is 0 Å². The molecular weight excluding hydrogens is 356 g/mol. The van der Waals surface area contributed by atoms with E-state index in [4.69, 9.17) is 4.74 Å². The van der Waals surface area contributed by atoms with Gasteiger partial charge in [0.05, 0.1) is 5.69 Å². The summed E-state index contributed by atoms with van der Waals surface area (Å²) in [6.07, 6.45) is 6.68. The van der Waals surface area contributed by atoms with Crippen molar-refractivity contribution in [2.24, 2.45) is 11.8 Å². The third-order valence-electron chi connectivity index (χ3n) is 8.85. The minimum atomic E-state index is 0.158. The van der Waals surface area contributed by atoms with Crippen LogP contribution in [0.5, 0.6) is 5.75 Å². The second kappa shape index (κ2) is 5.07. The molecule has 2 bridgehead atoms. The maximum atomic E-state index is 6.81. The van der Waals surface area contributed by atoms with Gasteiger partial charge in [-0.05, 0) is 73.7 Å². The van der Waals surface area contributed by atoms with E-state index in [2.05, 4.69) is 52.3 Å². The van der Waals surface area contributed by atoms with Crippen molar-refractivity contribution in [2.45, 2.75) is 49.7 Å². The Morgan fingerprint density at radius 3 is 2.93 bits per heavy atom. The van der Waals surface area contributed by atoms with Crippen molar-refractivity contribution < 1.29 is 4.74 Å². The molecule has 2 aromatic carbocycles. The van der Waals surface area contributed by atoms with Crippen molar-refractivity contribution in [3.8, 4) is 5.75 Å². The van der Waals surface area contributed by atoms with E-state index in [0.29, 0.717) is 12.0 Å². The number of piperidine rings is 1. The summed E-state index contributed by atoms with van der Waals surface area (Å²) < 4.78 is 6.81. The summed E-state index contributed by atoms with van der Waals surface area (Å²) in [5.74, 6) is 2.79. The summed E-state index contributed by atoms with van der Waals surface area (Å²) in [7, 11) is 0. The molecule has 1 spiro atoms. The Bertz CT molecular complexity index is 1170. The molecule has 2 fully saturated rings. The lowest BCUT2D eigenvalue weighted by Crippen LogP contribution is -2.63. The average molecular weight is 383 g/mol.